The molecule has 2 aromatic carbocycles. The number of amides is 1. The lowest BCUT2D eigenvalue weighted by Gasteiger charge is -2.06. The Balaban J connectivity index is 1.71. The van der Waals surface area contributed by atoms with Crippen molar-refractivity contribution >= 4 is 22.7 Å². The fraction of sp³-hybridized carbons (Fsp3) is 0.0909. The van der Waals surface area contributed by atoms with Gasteiger partial charge in [0.25, 0.3) is 5.91 Å². The number of benzene rings is 2. The molecule has 1 N–H and O–H groups in total. The molecule has 0 radical (unpaired) electrons. The lowest BCUT2D eigenvalue weighted by atomic mass is 10.0. The van der Waals surface area contributed by atoms with E-state index in [0.717, 1.165) is 5.56 Å². The van der Waals surface area contributed by atoms with Crippen LogP contribution in [0.4, 0.5) is 4.39 Å². The van der Waals surface area contributed by atoms with E-state index in [4.69, 9.17) is 0 Å². The van der Waals surface area contributed by atoms with Gasteiger partial charge in [-0.15, -0.1) is 0 Å². The minimum absolute atomic E-state index is 0.246. The lowest BCUT2D eigenvalue weighted by molar-refractivity contribution is 0.0925. The molecule has 0 aliphatic carbocycles. The van der Waals surface area contributed by atoms with Crippen LogP contribution in [0.5, 0.6) is 0 Å². The van der Waals surface area contributed by atoms with Crippen molar-refractivity contribution in [3.05, 3.63) is 83.9 Å². The molecule has 0 unspecified atom stereocenters. The maximum Gasteiger partial charge on any atom is 0.251 e. The van der Waals surface area contributed by atoms with Gasteiger partial charge in [0.2, 0.25) is 5.91 Å². The number of aromatic nitrogens is 3. The van der Waals surface area contributed by atoms with Gasteiger partial charge < -0.3 is 5.32 Å². The number of rotatable bonds is 4. The fourth-order valence-electron chi connectivity index (χ4n) is 3.11. The number of fused-ring (bicyclic) bond motifs is 1. The number of halogens is 1. The van der Waals surface area contributed by atoms with Gasteiger partial charge in [0.1, 0.15) is 11.5 Å². The second kappa shape index (κ2) is 7.63. The largest absolute Gasteiger partial charge is 0.348 e. The van der Waals surface area contributed by atoms with Gasteiger partial charge in [-0.1, -0.05) is 0 Å². The van der Waals surface area contributed by atoms with E-state index in [1.54, 1.807) is 42.7 Å². The Kier molecular flexibility index (Phi) is 4.87. The standard InChI is InChI=1S/C22H17FN4O2/c1-14(28)27-20-7-4-17(22(29)25-13-15-8-10-24-11-9-15)12-19(20)21(26-27)16-2-5-18(23)6-3-16/h2-12H,13H2,1H3,(H,25,29). The SMILES string of the molecule is CC(=O)n1nc(-c2ccc(F)cc2)c2cc(C(=O)NCc3ccncc3)ccc21. The van der Waals surface area contributed by atoms with Gasteiger partial charge in [-0.25, -0.2) is 4.39 Å². The number of hydrogen-bond acceptors (Lipinski definition) is 4. The molecule has 29 heavy (non-hydrogen) atoms. The average Bonchev–Trinajstić information content (AvgIpc) is 3.12. The number of nitrogens with one attached hydrogen (secondary N) is 1. The first-order valence-electron chi connectivity index (χ1n) is 8.99. The first kappa shape index (κ1) is 18.5. The molecular formula is C22H17FN4O2. The van der Waals surface area contributed by atoms with Crippen LogP contribution >= 0.6 is 0 Å². The topological polar surface area (TPSA) is 76.9 Å². The van der Waals surface area contributed by atoms with Crippen molar-refractivity contribution in [1.29, 1.82) is 0 Å². The summed E-state index contributed by atoms with van der Waals surface area (Å²) in [5, 5.41) is 7.90. The molecule has 4 rings (SSSR count). The normalized spacial score (nSPS) is 10.8. The zero-order chi connectivity index (χ0) is 20.4. The number of hydrogen-bond donors (Lipinski definition) is 1. The third kappa shape index (κ3) is 3.75. The molecule has 0 aliphatic rings. The Bertz CT molecular complexity index is 1200. The van der Waals surface area contributed by atoms with Crippen molar-refractivity contribution in [3.8, 4) is 11.3 Å². The fourth-order valence-corrected chi connectivity index (χ4v) is 3.11. The minimum atomic E-state index is -0.361. The molecule has 144 valence electrons. The van der Waals surface area contributed by atoms with Gasteiger partial charge in [-0.3, -0.25) is 14.6 Å². The van der Waals surface area contributed by atoms with E-state index >= 15 is 0 Å². The van der Waals surface area contributed by atoms with Crippen LogP contribution in [0.25, 0.3) is 22.2 Å². The van der Waals surface area contributed by atoms with E-state index in [2.05, 4.69) is 15.4 Å². The molecule has 2 aromatic heterocycles. The maximum absolute atomic E-state index is 13.3. The molecule has 2 heterocycles. The maximum atomic E-state index is 13.3. The average molecular weight is 388 g/mol. The Morgan fingerprint density at radius 3 is 2.45 bits per heavy atom. The van der Waals surface area contributed by atoms with Crippen molar-refractivity contribution < 1.29 is 14.0 Å². The molecule has 0 spiro atoms. The number of nitrogens with zero attached hydrogens (tertiary/aromatic N) is 3. The summed E-state index contributed by atoms with van der Waals surface area (Å²) >= 11 is 0. The van der Waals surface area contributed by atoms with E-state index in [-0.39, 0.29) is 17.6 Å². The minimum Gasteiger partial charge on any atom is -0.348 e. The molecule has 6 nitrogen and oxygen atoms in total. The zero-order valence-corrected chi connectivity index (χ0v) is 15.6. The molecule has 0 fully saturated rings. The predicted molar refractivity (Wildman–Crippen MR) is 107 cm³/mol. The summed E-state index contributed by atoms with van der Waals surface area (Å²) in [6, 6.07) is 14.5. The molecule has 0 aliphatic heterocycles. The van der Waals surface area contributed by atoms with E-state index in [1.807, 2.05) is 12.1 Å². The summed E-state index contributed by atoms with van der Waals surface area (Å²) in [6.45, 7) is 1.78. The Labute approximate surface area is 166 Å². The van der Waals surface area contributed by atoms with Crippen LogP contribution in [0.1, 0.15) is 27.6 Å². The second-order valence-electron chi connectivity index (χ2n) is 6.56. The molecule has 1 amide bonds. The van der Waals surface area contributed by atoms with Crippen LogP contribution in [0.3, 0.4) is 0 Å². The van der Waals surface area contributed by atoms with Crippen LogP contribution in [-0.4, -0.2) is 26.6 Å². The van der Waals surface area contributed by atoms with Gasteiger partial charge in [0.15, 0.2) is 0 Å². The molecule has 7 heteroatoms. The number of carbonyl (C=O) groups is 2. The monoisotopic (exact) mass is 388 g/mol. The van der Waals surface area contributed by atoms with Gasteiger partial charge in [0.05, 0.1) is 5.52 Å². The quantitative estimate of drug-likeness (QED) is 0.576. The first-order chi connectivity index (χ1) is 14.0. The van der Waals surface area contributed by atoms with Crippen LogP contribution in [-0.2, 0) is 6.54 Å². The van der Waals surface area contributed by atoms with Crippen molar-refractivity contribution in [3.63, 3.8) is 0 Å². The Morgan fingerprint density at radius 1 is 1.03 bits per heavy atom. The highest BCUT2D eigenvalue weighted by Gasteiger charge is 2.17. The summed E-state index contributed by atoms with van der Waals surface area (Å²) < 4.78 is 14.6. The Hall–Kier alpha value is -3.87. The van der Waals surface area contributed by atoms with E-state index in [0.29, 0.717) is 34.3 Å². The predicted octanol–water partition coefficient (Wildman–Crippen LogP) is 3.83. The molecule has 0 bridgehead atoms. The van der Waals surface area contributed by atoms with E-state index in [1.165, 1.54) is 23.7 Å². The molecule has 0 atom stereocenters. The van der Waals surface area contributed by atoms with Gasteiger partial charge in [-0.2, -0.15) is 9.78 Å². The summed E-state index contributed by atoms with van der Waals surface area (Å²) in [5.74, 6) is -0.858. The Morgan fingerprint density at radius 2 is 1.76 bits per heavy atom. The second-order valence-corrected chi connectivity index (χ2v) is 6.56. The van der Waals surface area contributed by atoms with Crippen LogP contribution in [0, 0.1) is 5.82 Å². The molecule has 0 saturated carbocycles. The zero-order valence-electron chi connectivity index (χ0n) is 15.6. The third-order valence-electron chi connectivity index (χ3n) is 4.56. The van der Waals surface area contributed by atoms with Crippen molar-refractivity contribution in [1.82, 2.24) is 20.1 Å². The third-order valence-corrected chi connectivity index (χ3v) is 4.56. The number of pyridine rings is 1. The van der Waals surface area contributed by atoms with Gasteiger partial charge >= 0.3 is 0 Å². The van der Waals surface area contributed by atoms with Crippen LogP contribution in [0.15, 0.2) is 67.0 Å². The smallest absolute Gasteiger partial charge is 0.251 e. The van der Waals surface area contributed by atoms with Gasteiger partial charge in [-0.05, 0) is 60.2 Å². The van der Waals surface area contributed by atoms with Crippen molar-refractivity contribution in [2.24, 2.45) is 0 Å². The van der Waals surface area contributed by atoms with Crippen LogP contribution in [0.2, 0.25) is 0 Å². The number of carbonyl (C=O) groups excluding carboxylic acids is 2. The molecule has 0 saturated heterocycles. The summed E-state index contributed by atoms with van der Waals surface area (Å²) in [5.41, 5.74) is 3.14. The van der Waals surface area contributed by atoms with E-state index in [9.17, 15) is 14.0 Å². The van der Waals surface area contributed by atoms with Crippen molar-refractivity contribution in [2.45, 2.75) is 13.5 Å². The summed E-state index contributed by atoms with van der Waals surface area (Å²) in [6.07, 6.45) is 3.33. The van der Waals surface area contributed by atoms with Gasteiger partial charge in [0, 0.05) is 42.4 Å². The summed E-state index contributed by atoms with van der Waals surface area (Å²) in [7, 11) is 0. The molecule has 4 aromatic rings. The van der Waals surface area contributed by atoms with Crippen molar-refractivity contribution in [2.75, 3.05) is 0 Å². The summed E-state index contributed by atoms with van der Waals surface area (Å²) in [4.78, 5) is 28.6. The lowest BCUT2D eigenvalue weighted by Crippen LogP contribution is -2.22. The van der Waals surface area contributed by atoms with Crippen LogP contribution < -0.4 is 5.32 Å². The van der Waals surface area contributed by atoms with E-state index < -0.39 is 0 Å². The highest BCUT2D eigenvalue weighted by Crippen LogP contribution is 2.29. The highest BCUT2D eigenvalue weighted by molar-refractivity contribution is 6.03. The molecular weight excluding hydrogens is 371 g/mol. The highest BCUT2D eigenvalue weighted by atomic mass is 19.1. The first-order valence-corrected chi connectivity index (χ1v) is 8.99.